The van der Waals surface area contributed by atoms with Crippen LogP contribution < -0.4 is 9.64 Å². The number of benzene rings is 2. The Balaban J connectivity index is 1.16. The van der Waals surface area contributed by atoms with E-state index < -0.39 is 17.6 Å². The van der Waals surface area contributed by atoms with Gasteiger partial charge in [0, 0.05) is 43.2 Å². The van der Waals surface area contributed by atoms with Gasteiger partial charge in [0.25, 0.3) is 0 Å². The first-order valence-corrected chi connectivity index (χ1v) is 13.7. The minimum Gasteiger partial charge on any atom is -0.478 e. The molecule has 2 fully saturated rings. The van der Waals surface area contributed by atoms with Gasteiger partial charge in [0.05, 0.1) is 29.4 Å². The molecule has 2 aromatic heterocycles. The van der Waals surface area contributed by atoms with E-state index in [1.54, 1.807) is 31.4 Å². The average molecular weight is 584 g/mol. The molecule has 2 aromatic carbocycles. The number of carbonyl (C=O) groups is 1. The number of aromatic nitrogens is 4. The highest BCUT2D eigenvalue weighted by Gasteiger charge is 2.57. The highest BCUT2D eigenvalue weighted by Crippen LogP contribution is 2.65. The SMILES string of the molecule is COCCn1c([C@H]2CC23CCN(c2nc(OCc4ccc(Cl)cc4F)ncc2F)CC3)nc2ccc(C(=O)O)cc21. The van der Waals surface area contributed by atoms with Crippen LogP contribution in [-0.2, 0) is 17.9 Å². The van der Waals surface area contributed by atoms with Crippen molar-refractivity contribution in [2.45, 2.75) is 38.3 Å². The van der Waals surface area contributed by atoms with Crippen molar-refractivity contribution in [1.29, 1.82) is 0 Å². The summed E-state index contributed by atoms with van der Waals surface area (Å²) in [6.45, 7) is 2.12. The number of carboxylic acid groups (broad SMARTS) is 1. The predicted molar refractivity (Wildman–Crippen MR) is 148 cm³/mol. The van der Waals surface area contributed by atoms with Crippen LogP contribution in [0.4, 0.5) is 14.6 Å². The monoisotopic (exact) mass is 583 g/mol. The fraction of sp³-hybridized carbons (Fsp3) is 0.379. The van der Waals surface area contributed by atoms with Crippen molar-refractivity contribution in [1.82, 2.24) is 19.5 Å². The molecule has 1 aliphatic carbocycles. The van der Waals surface area contributed by atoms with Crippen molar-refractivity contribution in [2.75, 3.05) is 31.7 Å². The molecule has 6 rings (SSSR count). The lowest BCUT2D eigenvalue weighted by Crippen LogP contribution is -2.36. The fourth-order valence-corrected chi connectivity index (χ4v) is 5.96. The quantitative estimate of drug-likeness (QED) is 0.277. The first kappa shape index (κ1) is 27.3. The van der Waals surface area contributed by atoms with Gasteiger partial charge >= 0.3 is 12.0 Å². The number of fused-ring (bicyclic) bond motifs is 1. The summed E-state index contributed by atoms with van der Waals surface area (Å²) >= 11 is 5.81. The lowest BCUT2D eigenvalue weighted by molar-refractivity contribution is 0.0697. The molecule has 1 saturated carbocycles. The third-order valence-corrected chi connectivity index (χ3v) is 8.41. The average Bonchev–Trinajstić information content (AvgIpc) is 3.53. The molecule has 1 saturated heterocycles. The zero-order valence-corrected chi connectivity index (χ0v) is 23.1. The largest absolute Gasteiger partial charge is 0.478 e. The number of methoxy groups -OCH3 is 1. The highest BCUT2D eigenvalue weighted by molar-refractivity contribution is 6.30. The number of carboxylic acids is 1. The topological polar surface area (TPSA) is 103 Å². The van der Waals surface area contributed by atoms with Crippen LogP contribution in [0.5, 0.6) is 6.01 Å². The summed E-state index contributed by atoms with van der Waals surface area (Å²) in [5.74, 6) is -0.720. The molecule has 0 unspecified atom stereocenters. The number of rotatable bonds is 9. The molecule has 2 aliphatic rings. The Morgan fingerprint density at radius 1 is 1.15 bits per heavy atom. The molecule has 0 radical (unpaired) electrons. The molecule has 1 atom stereocenters. The lowest BCUT2D eigenvalue weighted by atomic mass is 9.90. The molecule has 214 valence electrons. The fourth-order valence-electron chi connectivity index (χ4n) is 5.80. The summed E-state index contributed by atoms with van der Waals surface area (Å²) in [6, 6.07) is 9.24. The summed E-state index contributed by atoms with van der Waals surface area (Å²) in [5, 5.41) is 9.76. The molecule has 1 N–H and O–H groups in total. The second kappa shape index (κ2) is 10.9. The van der Waals surface area contributed by atoms with Gasteiger partial charge in [0.2, 0.25) is 0 Å². The van der Waals surface area contributed by atoms with E-state index in [9.17, 15) is 18.7 Å². The van der Waals surface area contributed by atoms with Crippen LogP contribution in [0.3, 0.4) is 0 Å². The Morgan fingerprint density at radius 3 is 2.68 bits per heavy atom. The Kier molecular flexibility index (Phi) is 7.25. The number of nitrogens with zero attached hydrogens (tertiary/aromatic N) is 5. The van der Waals surface area contributed by atoms with E-state index in [4.69, 9.17) is 26.1 Å². The highest BCUT2D eigenvalue weighted by atomic mass is 35.5. The van der Waals surface area contributed by atoms with Gasteiger partial charge in [0.15, 0.2) is 11.6 Å². The molecule has 1 spiro atoms. The van der Waals surface area contributed by atoms with E-state index in [0.29, 0.717) is 31.8 Å². The maximum absolute atomic E-state index is 14.8. The van der Waals surface area contributed by atoms with E-state index >= 15 is 0 Å². The number of halogens is 3. The first-order chi connectivity index (χ1) is 19.8. The van der Waals surface area contributed by atoms with Crippen LogP contribution in [0, 0.1) is 17.0 Å². The van der Waals surface area contributed by atoms with Crippen molar-refractivity contribution >= 4 is 34.4 Å². The minimum absolute atomic E-state index is 0.0343. The molecular formula is C29H28ClF2N5O4. The summed E-state index contributed by atoms with van der Waals surface area (Å²) in [7, 11) is 1.63. The maximum Gasteiger partial charge on any atom is 0.335 e. The second-order valence-corrected chi connectivity index (χ2v) is 11.0. The van der Waals surface area contributed by atoms with Crippen molar-refractivity contribution in [3.8, 4) is 6.01 Å². The Bertz CT molecular complexity index is 1620. The van der Waals surface area contributed by atoms with E-state index in [2.05, 4.69) is 14.5 Å². The number of hydrogen-bond acceptors (Lipinski definition) is 7. The second-order valence-electron chi connectivity index (χ2n) is 10.6. The van der Waals surface area contributed by atoms with Crippen LogP contribution in [0.2, 0.25) is 5.02 Å². The van der Waals surface area contributed by atoms with Crippen LogP contribution in [0.15, 0.2) is 42.6 Å². The van der Waals surface area contributed by atoms with Crippen LogP contribution in [-0.4, -0.2) is 57.4 Å². The van der Waals surface area contributed by atoms with Gasteiger partial charge < -0.3 is 24.0 Å². The number of anilines is 1. The molecule has 12 heteroatoms. The molecule has 0 amide bonds. The summed E-state index contributed by atoms with van der Waals surface area (Å²) < 4.78 is 41.9. The Morgan fingerprint density at radius 2 is 1.95 bits per heavy atom. The van der Waals surface area contributed by atoms with Crippen molar-refractivity contribution in [3.63, 3.8) is 0 Å². The number of aromatic carboxylic acids is 1. The Labute approximate surface area is 239 Å². The normalized spacial score (nSPS) is 17.8. The van der Waals surface area contributed by atoms with Crippen LogP contribution in [0.25, 0.3) is 11.0 Å². The van der Waals surface area contributed by atoms with Crippen molar-refractivity contribution in [2.24, 2.45) is 5.41 Å². The molecule has 0 bridgehead atoms. The third kappa shape index (κ3) is 5.31. The zero-order valence-electron chi connectivity index (χ0n) is 22.3. The molecular weight excluding hydrogens is 556 g/mol. The number of imidazole rings is 1. The molecule has 3 heterocycles. The lowest BCUT2D eigenvalue weighted by Gasteiger charge is -2.33. The maximum atomic E-state index is 14.8. The minimum atomic E-state index is -0.981. The first-order valence-electron chi connectivity index (χ1n) is 13.3. The summed E-state index contributed by atoms with van der Waals surface area (Å²) in [4.78, 5) is 26.6. The van der Waals surface area contributed by atoms with Gasteiger partial charge in [-0.05, 0) is 55.0 Å². The molecule has 41 heavy (non-hydrogen) atoms. The smallest absolute Gasteiger partial charge is 0.335 e. The number of ether oxygens (including phenoxy) is 2. The zero-order chi connectivity index (χ0) is 28.7. The van der Waals surface area contributed by atoms with E-state index in [1.807, 2.05) is 4.90 Å². The van der Waals surface area contributed by atoms with E-state index in [-0.39, 0.29) is 40.4 Å². The molecule has 1 aliphatic heterocycles. The van der Waals surface area contributed by atoms with Crippen LogP contribution in [0.1, 0.15) is 46.9 Å². The molecule has 9 nitrogen and oxygen atoms in total. The van der Waals surface area contributed by atoms with Gasteiger partial charge in [-0.2, -0.15) is 4.98 Å². The van der Waals surface area contributed by atoms with Gasteiger partial charge in [-0.3, -0.25) is 0 Å². The van der Waals surface area contributed by atoms with Gasteiger partial charge in [-0.15, -0.1) is 0 Å². The molecule has 4 aromatic rings. The van der Waals surface area contributed by atoms with Crippen molar-refractivity contribution in [3.05, 3.63) is 76.2 Å². The van der Waals surface area contributed by atoms with Crippen molar-refractivity contribution < 1.29 is 28.2 Å². The predicted octanol–water partition coefficient (Wildman–Crippen LogP) is 5.46. The van der Waals surface area contributed by atoms with Crippen LogP contribution >= 0.6 is 11.6 Å². The van der Waals surface area contributed by atoms with Gasteiger partial charge in [0.1, 0.15) is 18.2 Å². The van der Waals surface area contributed by atoms with E-state index in [0.717, 1.165) is 42.3 Å². The van der Waals surface area contributed by atoms with Gasteiger partial charge in [-0.25, -0.2) is 23.5 Å². The Hall–Kier alpha value is -3.83. The third-order valence-electron chi connectivity index (χ3n) is 8.18. The summed E-state index contributed by atoms with van der Waals surface area (Å²) in [6.07, 6.45) is 3.67. The van der Waals surface area contributed by atoms with E-state index in [1.165, 1.54) is 12.1 Å². The number of piperidine rings is 1. The van der Waals surface area contributed by atoms with Gasteiger partial charge in [-0.1, -0.05) is 17.7 Å². The number of hydrogen-bond donors (Lipinski definition) is 1. The standard InChI is InChI=1S/C29H28ClF2N5O4/c1-40-11-10-37-24-12-17(27(38)39)3-5-23(24)34-25(37)20-14-29(20)6-8-36(9-7-29)26-22(32)15-33-28(35-26)41-16-18-2-4-19(30)13-21(18)31/h2-5,12-13,15,20H,6-11,14,16H2,1H3,(H,38,39)/t20-/m1/s1. The summed E-state index contributed by atoms with van der Waals surface area (Å²) in [5.41, 5.74) is 2.09.